The molecule has 1 N–H and O–H groups in total. The Morgan fingerprint density at radius 3 is 2.89 bits per heavy atom. The highest BCUT2D eigenvalue weighted by atomic mass is 16.5. The SMILES string of the molecule is CCOc1cccc(CNC(=O)C2CCCC2)c1. The standard InChI is InChI=1S/C15H21NO2/c1-2-18-14-9-5-6-12(10-14)11-16-15(17)13-7-3-4-8-13/h5-6,9-10,13H,2-4,7-8,11H2,1H3,(H,16,17). The Hall–Kier alpha value is -1.51. The zero-order valence-electron chi connectivity index (χ0n) is 10.9. The molecular formula is C15H21NO2. The van der Waals surface area contributed by atoms with Crippen molar-refractivity contribution in [3.8, 4) is 5.75 Å². The van der Waals surface area contributed by atoms with Crippen molar-refractivity contribution in [3.63, 3.8) is 0 Å². The Bertz CT molecular complexity index is 397. The predicted molar refractivity (Wildman–Crippen MR) is 71.4 cm³/mol. The molecule has 1 aromatic rings. The van der Waals surface area contributed by atoms with E-state index in [0.717, 1.165) is 24.2 Å². The van der Waals surface area contributed by atoms with Crippen LogP contribution in [0.2, 0.25) is 0 Å². The van der Waals surface area contributed by atoms with Crippen LogP contribution in [-0.4, -0.2) is 12.5 Å². The van der Waals surface area contributed by atoms with E-state index in [9.17, 15) is 4.79 Å². The molecular weight excluding hydrogens is 226 g/mol. The van der Waals surface area contributed by atoms with Crippen LogP contribution >= 0.6 is 0 Å². The van der Waals surface area contributed by atoms with E-state index in [1.165, 1.54) is 12.8 Å². The zero-order chi connectivity index (χ0) is 12.8. The molecule has 0 unspecified atom stereocenters. The van der Waals surface area contributed by atoms with Crippen LogP contribution in [0, 0.1) is 5.92 Å². The molecule has 0 radical (unpaired) electrons. The lowest BCUT2D eigenvalue weighted by Crippen LogP contribution is -2.28. The average Bonchev–Trinajstić information content (AvgIpc) is 2.91. The van der Waals surface area contributed by atoms with Gasteiger partial charge >= 0.3 is 0 Å². The molecule has 0 saturated heterocycles. The topological polar surface area (TPSA) is 38.3 Å². The fourth-order valence-corrected chi connectivity index (χ4v) is 2.43. The molecule has 0 bridgehead atoms. The minimum Gasteiger partial charge on any atom is -0.494 e. The Balaban J connectivity index is 1.85. The maximum Gasteiger partial charge on any atom is 0.223 e. The normalized spacial score (nSPS) is 15.6. The molecule has 1 amide bonds. The van der Waals surface area contributed by atoms with Crippen molar-refractivity contribution in [3.05, 3.63) is 29.8 Å². The molecule has 0 aromatic heterocycles. The maximum absolute atomic E-state index is 11.9. The van der Waals surface area contributed by atoms with Crippen molar-refractivity contribution in [2.45, 2.75) is 39.2 Å². The van der Waals surface area contributed by atoms with Gasteiger partial charge in [-0.1, -0.05) is 25.0 Å². The summed E-state index contributed by atoms with van der Waals surface area (Å²) in [5, 5.41) is 3.02. The van der Waals surface area contributed by atoms with Gasteiger partial charge in [-0.15, -0.1) is 0 Å². The van der Waals surface area contributed by atoms with Gasteiger partial charge in [-0.3, -0.25) is 4.79 Å². The number of benzene rings is 1. The van der Waals surface area contributed by atoms with Gasteiger partial charge in [-0.25, -0.2) is 0 Å². The fourth-order valence-electron chi connectivity index (χ4n) is 2.43. The van der Waals surface area contributed by atoms with Crippen molar-refractivity contribution in [2.24, 2.45) is 5.92 Å². The van der Waals surface area contributed by atoms with Gasteiger partial charge in [0.2, 0.25) is 5.91 Å². The monoisotopic (exact) mass is 247 g/mol. The van der Waals surface area contributed by atoms with E-state index in [1.807, 2.05) is 31.2 Å². The third kappa shape index (κ3) is 3.49. The number of rotatable bonds is 5. The average molecular weight is 247 g/mol. The second kappa shape index (κ2) is 6.43. The molecule has 1 aromatic carbocycles. The first-order valence-electron chi connectivity index (χ1n) is 6.79. The van der Waals surface area contributed by atoms with Crippen LogP contribution in [0.25, 0.3) is 0 Å². The van der Waals surface area contributed by atoms with E-state index in [2.05, 4.69) is 5.32 Å². The molecule has 1 saturated carbocycles. The molecule has 0 aliphatic heterocycles. The van der Waals surface area contributed by atoms with Crippen molar-refractivity contribution in [1.29, 1.82) is 0 Å². The third-order valence-electron chi connectivity index (χ3n) is 3.40. The summed E-state index contributed by atoms with van der Waals surface area (Å²) in [6, 6.07) is 7.89. The Labute approximate surface area is 109 Å². The molecule has 3 heteroatoms. The highest BCUT2D eigenvalue weighted by Gasteiger charge is 2.21. The summed E-state index contributed by atoms with van der Waals surface area (Å²) in [5.74, 6) is 1.31. The Kier molecular flexibility index (Phi) is 4.62. The van der Waals surface area contributed by atoms with Crippen molar-refractivity contribution >= 4 is 5.91 Å². The summed E-state index contributed by atoms with van der Waals surface area (Å²) in [4.78, 5) is 11.9. The molecule has 1 fully saturated rings. The summed E-state index contributed by atoms with van der Waals surface area (Å²) in [7, 11) is 0. The molecule has 2 rings (SSSR count). The van der Waals surface area contributed by atoms with Gasteiger partial charge in [0, 0.05) is 12.5 Å². The summed E-state index contributed by atoms with van der Waals surface area (Å²) >= 11 is 0. The number of hydrogen-bond acceptors (Lipinski definition) is 2. The zero-order valence-corrected chi connectivity index (χ0v) is 10.9. The second-order valence-electron chi connectivity index (χ2n) is 4.78. The molecule has 1 aliphatic rings. The first kappa shape index (κ1) is 12.9. The smallest absolute Gasteiger partial charge is 0.223 e. The second-order valence-corrected chi connectivity index (χ2v) is 4.78. The molecule has 0 spiro atoms. The van der Waals surface area contributed by atoms with Gasteiger partial charge in [0.1, 0.15) is 5.75 Å². The summed E-state index contributed by atoms with van der Waals surface area (Å²) < 4.78 is 5.44. The van der Waals surface area contributed by atoms with Gasteiger partial charge in [0.25, 0.3) is 0 Å². The predicted octanol–water partition coefficient (Wildman–Crippen LogP) is 2.89. The van der Waals surface area contributed by atoms with E-state index in [1.54, 1.807) is 0 Å². The molecule has 18 heavy (non-hydrogen) atoms. The number of carbonyl (C=O) groups is 1. The number of hydrogen-bond donors (Lipinski definition) is 1. The van der Waals surface area contributed by atoms with E-state index in [-0.39, 0.29) is 11.8 Å². The van der Waals surface area contributed by atoms with Crippen LogP contribution in [0.3, 0.4) is 0 Å². The van der Waals surface area contributed by atoms with E-state index >= 15 is 0 Å². The molecule has 3 nitrogen and oxygen atoms in total. The number of carbonyl (C=O) groups excluding carboxylic acids is 1. The Morgan fingerprint density at radius 2 is 2.17 bits per heavy atom. The summed E-state index contributed by atoms with van der Waals surface area (Å²) in [5.41, 5.74) is 1.09. The van der Waals surface area contributed by atoms with Crippen molar-refractivity contribution in [2.75, 3.05) is 6.61 Å². The first-order chi connectivity index (χ1) is 8.79. The van der Waals surface area contributed by atoms with Crippen LogP contribution in [0.1, 0.15) is 38.2 Å². The van der Waals surface area contributed by atoms with Crippen LogP contribution in [-0.2, 0) is 11.3 Å². The number of amides is 1. The van der Waals surface area contributed by atoms with Gasteiger partial charge in [-0.2, -0.15) is 0 Å². The lowest BCUT2D eigenvalue weighted by atomic mass is 10.1. The van der Waals surface area contributed by atoms with Crippen molar-refractivity contribution in [1.82, 2.24) is 5.32 Å². The number of ether oxygens (including phenoxy) is 1. The minimum absolute atomic E-state index is 0.203. The first-order valence-corrected chi connectivity index (χ1v) is 6.79. The molecule has 0 heterocycles. The maximum atomic E-state index is 11.9. The van der Waals surface area contributed by atoms with Crippen LogP contribution in [0.4, 0.5) is 0 Å². The lowest BCUT2D eigenvalue weighted by molar-refractivity contribution is -0.124. The summed E-state index contributed by atoms with van der Waals surface area (Å²) in [6.07, 6.45) is 4.48. The molecule has 1 aliphatic carbocycles. The van der Waals surface area contributed by atoms with E-state index in [0.29, 0.717) is 13.2 Å². The van der Waals surface area contributed by atoms with Gasteiger partial charge < -0.3 is 10.1 Å². The van der Waals surface area contributed by atoms with Crippen LogP contribution in [0.15, 0.2) is 24.3 Å². The largest absolute Gasteiger partial charge is 0.494 e. The Morgan fingerprint density at radius 1 is 1.39 bits per heavy atom. The summed E-state index contributed by atoms with van der Waals surface area (Å²) in [6.45, 7) is 3.22. The van der Waals surface area contributed by atoms with Crippen LogP contribution < -0.4 is 10.1 Å². The van der Waals surface area contributed by atoms with Gasteiger partial charge in [0.15, 0.2) is 0 Å². The number of nitrogens with one attached hydrogen (secondary N) is 1. The minimum atomic E-state index is 0.203. The molecule has 0 atom stereocenters. The van der Waals surface area contributed by atoms with E-state index < -0.39 is 0 Å². The highest BCUT2D eigenvalue weighted by molar-refractivity contribution is 5.78. The fraction of sp³-hybridized carbons (Fsp3) is 0.533. The van der Waals surface area contributed by atoms with Gasteiger partial charge in [0.05, 0.1) is 6.61 Å². The lowest BCUT2D eigenvalue weighted by Gasteiger charge is -2.11. The quantitative estimate of drug-likeness (QED) is 0.868. The highest BCUT2D eigenvalue weighted by Crippen LogP contribution is 2.24. The van der Waals surface area contributed by atoms with Gasteiger partial charge in [-0.05, 0) is 37.5 Å². The van der Waals surface area contributed by atoms with Crippen molar-refractivity contribution < 1.29 is 9.53 Å². The van der Waals surface area contributed by atoms with Crippen LogP contribution in [0.5, 0.6) is 5.75 Å². The third-order valence-corrected chi connectivity index (χ3v) is 3.40. The van der Waals surface area contributed by atoms with E-state index in [4.69, 9.17) is 4.74 Å². The molecule has 98 valence electrons.